The number of carbonyl (C=O) groups is 3. The number of ether oxygens (including phenoxy) is 3. The van der Waals surface area contributed by atoms with Gasteiger partial charge in [-0.15, -0.1) is 0 Å². The highest BCUT2D eigenvalue weighted by atomic mass is 16.6. The smallest absolute Gasteiger partial charge is 0.306 e. The van der Waals surface area contributed by atoms with E-state index in [4.69, 9.17) is 14.2 Å². The van der Waals surface area contributed by atoms with Gasteiger partial charge in [0.05, 0.1) is 0 Å². The molecule has 0 saturated heterocycles. The van der Waals surface area contributed by atoms with Gasteiger partial charge in [-0.2, -0.15) is 0 Å². The van der Waals surface area contributed by atoms with Crippen LogP contribution < -0.4 is 0 Å². The molecule has 0 fully saturated rings. The van der Waals surface area contributed by atoms with Gasteiger partial charge in [0, 0.05) is 19.3 Å². The van der Waals surface area contributed by atoms with Crippen LogP contribution in [0, 0.1) is 0 Å². The van der Waals surface area contributed by atoms with Gasteiger partial charge in [-0.3, -0.25) is 14.4 Å². The van der Waals surface area contributed by atoms with Crippen molar-refractivity contribution in [3.05, 3.63) is 24.3 Å². The molecule has 406 valence electrons. The first-order chi connectivity index (χ1) is 34.0. The van der Waals surface area contributed by atoms with Crippen LogP contribution >= 0.6 is 0 Å². The zero-order valence-corrected chi connectivity index (χ0v) is 46.6. The van der Waals surface area contributed by atoms with Gasteiger partial charge in [0.2, 0.25) is 0 Å². The van der Waals surface area contributed by atoms with Gasteiger partial charge in [0.25, 0.3) is 0 Å². The maximum atomic E-state index is 12.9. The fraction of sp³-hybridized carbons (Fsp3) is 0.889. The standard InChI is InChI=1S/C63H118O6/c1-4-7-10-13-16-19-22-25-28-31-33-35-38-41-44-47-50-53-56-62(65)68-59-60(58-67-61(64)55-52-49-46-43-40-37-34-30-27-24-21-18-15-12-9-6-3)69-63(66)57-54-51-48-45-42-39-36-32-29-26-23-20-17-14-11-8-5-2/h17,20,26,29,60H,4-16,18-19,21-25,27-28,30-59H2,1-3H3/b20-17+,29-26+/t60-/m1/s1. The van der Waals surface area contributed by atoms with Crippen LogP contribution in [0.15, 0.2) is 24.3 Å². The second-order valence-corrected chi connectivity index (χ2v) is 21.0. The van der Waals surface area contributed by atoms with Gasteiger partial charge in [0.1, 0.15) is 13.2 Å². The quantitative estimate of drug-likeness (QED) is 0.0261. The molecule has 0 aromatic heterocycles. The molecule has 0 amide bonds. The minimum atomic E-state index is -0.771. The summed E-state index contributed by atoms with van der Waals surface area (Å²) in [5.74, 6) is -0.850. The first-order valence-electron chi connectivity index (χ1n) is 30.8. The van der Waals surface area contributed by atoms with E-state index in [0.29, 0.717) is 19.3 Å². The van der Waals surface area contributed by atoms with Gasteiger partial charge >= 0.3 is 17.9 Å². The van der Waals surface area contributed by atoms with Crippen LogP contribution in [0.25, 0.3) is 0 Å². The lowest BCUT2D eigenvalue weighted by molar-refractivity contribution is -0.167. The molecule has 0 aromatic rings. The minimum absolute atomic E-state index is 0.0686. The molecule has 6 nitrogen and oxygen atoms in total. The largest absolute Gasteiger partial charge is 0.462 e. The summed E-state index contributed by atoms with van der Waals surface area (Å²) in [7, 11) is 0. The van der Waals surface area contributed by atoms with Crippen molar-refractivity contribution in [2.75, 3.05) is 13.2 Å². The summed E-state index contributed by atoms with van der Waals surface area (Å²) in [4.78, 5) is 38.2. The average molecular weight is 972 g/mol. The van der Waals surface area contributed by atoms with Crippen LogP contribution in [0.1, 0.15) is 342 Å². The van der Waals surface area contributed by atoms with Crippen molar-refractivity contribution in [3.63, 3.8) is 0 Å². The topological polar surface area (TPSA) is 78.9 Å². The van der Waals surface area contributed by atoms with Gasteiger partial charge in [-0.25, -0.2) is 0 Å². The van der Waals surface area contributed by atoms with Crippen molar-refractivity contribution < 1.29 is 28.6 Å². The Morgan fingerprint density at radius 1 is 0.290 bits per heavy atom. The van der Waals surface area contributed by atoms with E-state index in [0.717, 1.165) is 70.6 Å². The van der Waals surface area contributed by atoms with E-state index < -0.39 is 6.10 Å². The van der Waals surface area contributed by atoms with Gasteiger partial charge in [-0.05, 0) is 51.4 Å². The first kappa shape index (κ1) is 66.9. The monoisotopic (exact) mass is 971 g/mol. The Kier molecular flexibility index (Phi) is 56.7. The summed E-state index contributed by atoms with van der Waals surface area (Å²) in [5, 5.41) is 0. The molecule has 0 saturated carbocycles. The molecular weight excluding hydrogens is 853 g/mol. The summed E-state index contributed by atoms with van der Waals surface area (Å²) in [6.07, 6.45) is 68.8. The van der Waals surface area contributed by atoms with E-state index in [1.54, 1.807) is 0 Å². The number of allylic oxidation sites excluding steroid dienone is 4. The third-order valence-corrected chi connectivity index (χ3v) is 14.0. The molecule has 6 heteroatoms. The lowest BCUT2D eigenvalue weighted by atomic mass is 10.0. The normalized spacial score (nSPS) is 12.1. The van der Waals surface area contributed by atoms with Crippen molar-refractivity contribution in [1.82, 2.24) is 0 Å². The number of hydrogen-bond acceptors (Lipinski definition) is 6. The first-order valence-corrected chi connectivity index (χ1v) is 30.8. The second-order valence-electron chi connectivity index (χ2n) is 21.0. The van der Waals surface area contributed by atoms with Gasteiger partial charge in [-0.1, -0.05) is 295 Å². The molecule has 0 radical (unpaired) electrons. The van der Waals surface area contributed by atoms with Crippen molar-refractivity contribution in [2.45, 2.75) is 348 Å². The SMILES string of the molecule is CCCCC/C=C/C/C=C/CCCCCCCCCC(=O)O[C@H](COC(=O)CCCCCCCCCCCCCCCCCC)COC(=O)CCCCCCCCCCCCCCCCCCCC. The number of esters is 3. The zero-order valence-electron chi connectivity index (χ0n) is 46.6. The number of carbonyl (C=O) groups excluding carboxylic acids is 3. The van der Waals surface area contributed by atoms with E-state index in [2.05, 4.69) is 45.1 Å². The molecule has 0 aromatic carbocycles. The molecule has 1 atom stereocenters. The maximum Gasteiger partial charge on any atom is 0.306 e. The van der Waals surface area contributed by atoms with E-state index in [1.165, 1.54) is 231 Å². The average Bonchev–Trinajstić information content (AvgIpc) is 3.35. The van der Waals surface area contributed by atoms with Crippen molar-refractivity contribution in [2.24, 2.45) is 0 Å². The molecule has 0 unspecified atom stereocenters. The number of unbranched alkanes of at least 4 members (excludes halogenated alkanes) is 42. The number of hydrogen-bond donors (Lipinski definition) is 0. The summed E-state index contributed by atoms with van der Waals surface area (Å²) in [5.41, 5.74) is 0. The molecule has 69 heavy (non-hydrogen) atoms. The summed E-state index contributed by atoms with van der Waals surface area (Å²) in [6, 6.07) is 0. The summed E-state index contributed by atoms with van der Waals surface area (Å²) >= 11 is 0. The molecule has 0 aliphatic heterocycles. The van der Waals surface area contributed by atoms with Crippen molar-refractivity contribution >= 4 is 17.9 Å². The Labute approximate surface area is 430 Å². The Hall–Kier alpha value is -2.11. The Bertz CT molecular complexity index is 1110. The second kappa shape index (κ2) is 58.5. The third-order valence-electron chi connectivity index (χ3n) is 14.0. The zero-order chi connectivity index (χ0) is 50.0. The van der Waals surface area contributed by atoms with Gasteiger partial charge in [0.15, 0.2) is 6.10 Å². The Morgan fingerprint density at radius 2 is 0.522 bits per heavy atom. The molecule has 0 spiro atoms. The molecular formula is C63H118O6. The highest BCUT2D eigenvalue weighted by molar-refractivity contribution is 5.71. The maximum absolute atomic E-state index is 12.9. The predicted octanol–water partition coefficient (Wildman–Crippen LogP) is 20.7. The summed E-state index contributed by atoms with van der Waals surface area (Å²) in [6.45, 7) is 6.67. The van der Waals surface area contributed by atoms with Crippen molar-refractivity contribution in [1.29, 1.82) is 0 Å². The van der Waals surface area contributed by atoms with Gasteiger partial charge < -0.3 is 14.2 Å². The summed E-state index contributed by atoms with van der Waals surface area (Å²) < 4.78 is 16.9. The van der Waals surface area contributed by atoms with E-state index in [9.17, 15) is 14.4 Å². The van der Waals surface area contributed by atoms with Crippen LogP contribution in [0.4, 0.5) is 0 Å². The van der Waals surface area contributed by atoms with Crippen molar-refractivity contribution in [3.8, 4) is 0 Å². The molecule has 0 rings (SSSR count). The van der Waals surface area contributed by atoms with E-state index in [-0.39, 0.29) is 31.1 Å². The van der Waals surface area contributed by atoms with Crippen LogP contribution in [0.2, 0.25) is 0 Å². The van der Waals surface area contributed by atoms with E-state index >= 15 is 0 Å². The fourth-order valence-corrected chi connectivity index (χ4v) is 9.30. The molecule has 0 aliphatic rings. The molecule has 0 bridgehead atoms. The fourth-order valence-electron chi connectivity index (χ4n) is 9.30. The Balaban J connectivity index is 4.32. The van der Waals surface area contributed by atoms with Crippen LogP contribution in [0.5, 0.6) is 0 Å². The number of rotatable bonds is 57. The van der Waals surface area contributed by atoms with E-state index in [1.807, 2.05) is 0 Å². The third kappa shape index (κ3) is 56.7. The minimum Gasteiger partial charge on any atom is -0.462 e. The molecule has 0 aliphatic carbocycles. The lowest BCUT2D eigenvalue weighted by Gasteiger charge is -2.18. The molecule has 0 heterocycles. The predicted molar refractivity (Wildman–Crippen MR) is 298 cm³/mol. The highest BCUT2D eigenvalue weighted by Gasteiger charge is 2.19. The van der Waals surface area contributed by atoms with Crippen LogP contribution in [-0.2, 0) is 28.6 Å². The molecule has 0 N–H and O–H groups in total. The lowest BCUT2D eigenvalue weighted by Crippen LogP contribution is -2.30. The Morgan fingerprint density at radius 3 is 0.826 bits per heavy atom. The van der Waals surface area contributed by atoms with Crippen LogP contribution in [-0.4, -0.2) is 37.2 Å². The van der Waals surface area contributed by atoms with Crippen LogP contribution in [0.3, 0.4) is 0 Å². The highest BCUT2D eigenvalue weighted by Crippen LogP contribution is 2.18.